The Morgan fingerprint density at radius 3 is 2.37 bits per heavy atom. The first kappa shape index (κ1) is 29.3. The molecule has 214 valence electrons. The average molecular weight is 556 g/mol. The van der Waals surface area contributed by atoms with E-state index in [-0.39, 0.29) is 25.4 Å². The summed E-state index contributed by atoms with van der Waals surface area (Å²) in [6.07, 6.45) is 3.77. The minimum Gasteiger partial charge on any atom is -0.445 e. The van der Waals surface area contributed by atoms with Crippen LogP contribution in [0.3, 0.4) is 0 Å². The van der Waals surface area contributed by atoms with Gasteiger partial charge in [0.25, 0.3) is 0 Å². The number of amides is 3. The number of H-pyrrole nitrogens is 1. The van der Waals surface area contributed by atoms with Crippen LogP contribution in [-0.4, -0.2) is 46.5 Å². The monoisotopic (exact) mass is 555 g/mol. The quantitative estimate of drug-likeness (QED) is 0.196. The number of aromatic amines is 1. The Morgan fingerprint density at radius 2 is 1.61 bits per heavy atom. The van der Waals surface area contributed by atoms with Crippen molar-refractivity contribution in [2.45, 2.75) is 51.8 Å². The molecule has 0 spiro atoms. The number of nitrogens with zero attached hydrogens (tertiary/aromatic N) is 1. The predicted molar refractivity (Wildman–Crippen MR) is 158 cm³/mol. The highest BCUT2D eigenvalue weighted by molar-refractivity contribution is 5.92. The molecule has 0 aliphatic carbocycles. The maximum atomic E-state index is 13.7. The molecule has 1 aromatic heterocycles. The third-order valence-electron chi connectivity index (χ3n) is 7.06. The lowest BCUT2D eigenvalue weighted by Crippen LogP contribution is -2.55. The molecule has 0 bridgehead atoms. The molecular formula is C32H37N5O4. The molecule has 0 fully saturated rings. The Kier molecular flexibility index (Phi) is 10.5. The minimum absolute atomic E-state index is 0.0652. The summed E-state index contributed by atoms with van der Waals surface area (Å²) in [6, 6.07) is 21.2. The summed E-state index contributed by atoms with van der Waals surface area (Å²) in [5.74, 6) is -0.496. The van der Waals surface area contributed by atoms with Crippen molar-refractivity contribution < 1.29 is 19.1 Å². The molecule has 3 aromatic carbocycles. The Hall–Kier alpha value is -4.66. The van der Waals surface area contributed by atoms with Crippen molar-refractivity contribution in [1.82, 2.24) is 25.9 Å². The molecule has 0 aliphatic heterocycles. The summed E-state index contributed by atoms with van der Waals surface area (Å²) in [6.45, 7) is 4.67. The standard InChI is InChI=1S/C32H37N5O4/c1-3-22(2)18-34-30(38)29(17-26-19-33-21-35-26)36-31(39)28(37-32(40)41-20-23-10-5-4-6-11-23)16-25-14-9-13-24-12-7-8-15-27(24)25/h4-15,19,21-22,28-29H,3,16-18,20H2,1-2H3,(H,33,35)(H,34,38)(H,36,39)(H,37,40)/t22?,28-,29-/m1/s1. The van der Waals surface area contributed by atoms with Gasteiger partial charge in [-0.05, 0) is 27.8 Å². The zero-order valence-electron chi connectivity index (χ0n) is 23.4. The van der Waals surface area contributed by atoms with Crippen LogP contribution >= 0.6 is 0 Å². The van der Waals surface area contributed by atoms with E-state index in [0.717, 1.165) is 28.3 Å². The van der Waals surface area contributed by atoms with Crippen LogP contribution in [-0.2, 0) is 33.8 Å². The maximum absolute atomic E-state index is 13.7. The van der Waals surface area contributed by atoms with Gasteiger partial charge in [-0.2, -0.15) is 0 Å². The molecule has 0 saturated carbocycles. The predicted octanol–water partition coefficient (Wildman–Crippen LogP) is 4.29. The van der Waals surface area contributed by atoms with Gasteiger partial charge >= 0.3 is 6.09 Å². The fourth-order valence-electron chi connectivity index (χ4n) is 4.45. The zero-order valence-corrected chi connectivity index (χ0v) is 23.4. The molecule has 1 unspecified atom stereocenters. The van der Waals surface area contributed by atoms with Crippen LogP contribution in [0.5, 0.6) is 0 Å². The molecule has 1 heterocycles. The Morgan fingerprint density at radius 1 is 0.878 bits per heavy atom. The van der Waals surface area contributed by atoms with Crippen molar-refractivity contribution in [2.24, 2.45) is 5.92 Å². The summed E-state index contributed by atoms with van der Waals surface area (Å²) in [7, 11) is 0. The van der Waals surface area contributed by atoms with Crippen molar-refractivity contribution in [3.63, 3.8) is 0 Å². The second kappa shape index (κ2) is 14.6. The van der Waals surface area contributed by atoms with Crippen LogP contribution in [0, 0.1) is 5.92 Å². The number of nitrogens with one attached hydrogen (secondary N) is 4. The molecule has 0 saturated heterocycles. The number of alkyl carbamates (subject to hydrolysis) is 1. The maximum Gasteiger partial charge on any atom is 0.408 e. The first-order valence-corrected chi connectivity index (χ1v) is 13.9. The number of imidazole rings is 1. The van der Waals surface area contributed by atoms with Crippen molar-refractivity contribution in [1.29, 1.82) is 0 Å². The SMILES string of the molecule is CCC(C)CNC(=O)[C@@H](Cc1cnc[nH]1)NC(=O)[C@@H](Cc1cccc2ccccc12)NC(=O)OCc1ccccc1. The minimum atomic E-state index is -0.990. The fourth-order valence-corrected chi connectivity index (χ4v) is 4.45. The molecule has 0 aliphatic rings. The summed E-state index contributed by atoms with van der Waals surface area (Å²) in [5.41, 5.74) is 2.42. The number of aromatic nitrogens is 2. The van der Waals surface area contributed by atoms with Gasteiger partial charge < -0.3 is 25.7 Å². The topological polar surface area (TPSA) is 125 Å². The normalized spacial score (nSPS) is 13.1. The second-order valence-corrected chi connectivity index (χ2v) is 10.2. The highest BCUT2D eigenvalue weighted by Crippen LogP contribution is 2.20. The van der Waals surface area contributed by atoms with Gasteiger partial charge in [0.2, 0.25) is 11.8 Å². The lowest BCUT2D eigenvalue weighted by molar-refractivity contribution is -0.130. The smallest absolute Gasteiger partial charge is 0.408 e. The Bertz CT molecular complexity index is 1420. The zero-order chi connectivity index (χ0) is 29.0. The molecule has 9 heteroatoms. The van der Waals surface area contributed by atoms with Gasteiger partial charge in [0.1, 0.15) is 18.7 Å². The van der Waals surface area contributed by atoms with E-state index in [2.05, 4.69) is 32.8 Å². The largest absolute Gasteiger partial charge is 0.445 e. The molecule has 4 N–H and O–H groups in total. The van der Waals surface area contributed by atoms with Crippen molar-refractivity contribution in [3.8, 4) is 0 Å². The molecule has 4 aromatic rings. The van der Waals surface area contributed by atoms with E-state index >= 15 is 0 Å². The van der Waals surface area contributed by atoms with Gasteiger partial charge in [0.15, 0.2) is 0 Å². The lowest BCUT2D eigenvalue weighted by Gasteiger charge is -2.24. The van der Waals surface area contributed by atoms with Gasteiger partial charge in [-0.25, -0.2) is 9.78 Å². The summed E-state index contributed by atoms with van der Waals surface area (Å²) >= 11 is 0. The number of hydrogen-bond acceptors (Lipinski definition) is 5. The van der Waals surface area contributed by atoms with Crippen LogP contribution in [0.15, 0.2) is 85.3 Å². The Labute approximate surface area is 240 Å². The van der Waals surface area contributed by atoms with Gasteiger partial charge in [0, 0.05) is 31.3 Å². The van der Waals surface area contributed by atoms with Crippen LogP contribution in [0.2, 0.25) is 0 Å². The van der Waals surface area contributed by atoms with E-state index in [1.807, 2.05) is 79.7 Å². The molecule has 4 rings (SSSR count). The molecule has 3 atom stereocenters. The number of carbonyl (C=O) groups is 3. The summed E-state index contributed by atoms with van der Waals surface area (Å²) in [4.78, 5) is 46.8. The average Bonchev–Trinajstić information content (AvgIpc) is 3.52. The van der Waals surface area contributed by atoms with Gasteiger partial charge in [-0.15, -0.1) is 0 Å². The highest BCUT2D eigenvalue weighted by atomic mass is 16.5. The van der Waals surface area contributed by atoms with Crippen molar-refractivity contribution in [2.75, 3.05) is 6.54 Å². The molecule has 9 nitrogen and oxygen atoms in total. The summed E-state index contributed by atoms with van der Waals surface area (Å²) in [5, 5.41) is 10.6. The fraction of sp³-hybridized carbons (Fsp3) is 0.312. The van der Waals surface area contributed by atoms with Crippen molar-refractivity contribution in [3.05, 3.63) is 102 Å². The number of fused-ring (bicyclic) bond motifs is 1. The van der Waals surface area contributed by atoms with Crippen LogP contribution in [0.4, 0.5) is 4.79 Å². The third kappa shape index (κ3) is 8.66. The van der Waals surface area contributed by atoms with Gasteiger partial charge in [0.05, 0.1) is 6.33 Å². The van der Waals surface area contributed by atoms with Crippen LogP contribution in [0.1, 0.15) is 37.1 Å². The first-order chi connectivity index (χ1) is 19.9. The second-order valence-electron chi connectivity index (χ2n) is 10.2. The molecule has 3 amide bonds. The number of carbonyl (C=O) groups excluding carboxylic acids is 3. The van der Waals surface area contributed by atoms with Crippen LogP contribution in [0.25, 0.3) is 10.8 Å². The molecule has 41 heavy (non-hydrogen) atoms. The number of benzene rings is 3. The lowest BCUT2D eigenvalue weighted by atomic mass is 9.98. The number of ether oxygens (including phenoxy) is 1. The first-order valence-electron chi connectivity index (χ1n) is 13.9. The number of hydrogen-bond donors (Lipinski definition) is 4. The van der Waals surface area contributed by atoms with E-state index in [9.17, 15) is 14.4 Å². The van der Waals surface area contributed by atoms with Gasteiger partial charge in [-0.1, -0.05) is 93.1 Å². The van der Waals surface area contributed by atoms with E-state index in [1.54, 1.807) is 6.20 Å². The van der Waals surface area contributed by atoms with E-state index in [4.69, 9.17) is 4.74 Å². The van der Waals surface area contributed by atoms with Crippen LogP contribution < -0.4 is 16.0 Å². The Balaban J connectivity index is 1.53. The van der Waals surface area contributed by atoms with E-state index < -0.39 is 24.1 Å². The van der Waals surface area contributed by atoms with Gasteiger partial charge in [-0.3, -0.25) is 9.59 Å². The molecular weight excluding hydrogens is 518 g/mol. The molecule has 0 radical (unpaired) electrons. The van der Waals surface area contributed by atoms with Crippen molar-refractivity contribution >= 4 is 28.7 Å². The third-order valence-corrected chi connectivity index (χ3v) is 7.06. The summed E-state index contributed by atoms with van der Waals surface area (Å²) < 4.78 is 5.43. The van der Waals surface area contributed by atoms with E-state index in [1.165, 1.54) is 6.33 Å². The highest BCUT2D eigenvalue weighted by Gasteiger charge is 2.28. The number of rotatable bonds is 13. The van der Waals surface area contributed by atoms with E-state index in [0.29, 0.717) is 18.2 Å².